The second-order valence-electron chi connectivity index (χ2n) is 4.97. The molecule has 1 aliphatic heterocycles. The van der Waals surface area contributed by atoms with Crippen LogP contribution in [0.15, 0.2) is 48.1 Å². The highest BCUT2D eigenvalue weighted by Crippen LogP contribution is 2.26. The molecule has 2 heterocycles. The van der Waals surface area contributed by atoms with Crippen LogP contribution in [0.2, 0.25) is 0 Å². The van der Waals surface area contributed by atoms with Crippen molar-refractivity contribution in [3.05, 3.63) is 53.4 Å². The largest absolute Gasteiger partial charge is 0.312 e. The van der Waals surface area contributed by atoms with E-state index >= 15 is 0 Å². The summed E-state index contributed by atoms with van der Waals surface area (Å²) in [4.78, 5) is 20.5. The topological polar surface area (TPSA) is 86.9 Å². The van der Waals surface area contributed by atoms with Gasteiger partial charge in [0.15, 0.2) is 0 Å². The van der Waals surface area contributed by atoms with E-state index in [0.29, 0.717) is 19.5 Å². The highest BCUT2D eigenvalue weighted by Gasteiger charge is 2.29. The molecule has 1 amide bonds. The molecule has 0 N–H and O–H groups in total. The summed E-state index contributed by atoms with van der Waals surface area (Å²) in [5.41, 5.74) is 10.2. The van der Waals surface area contributed by atoms with Crippen LogP contribution in [0.25, 0.3) is 16.1 Å². The molecule has 7 heteroatoms. The van der Waals surface area contributed by atoms with E-state index in [1.807, 2.05) is 35.0 Å². The van der Waals surface area contributed by atoms with Crippen LogP contribution in [0.4, 0.5) is 5.69 Å². The Morgan fingerprint density at radius 3 is 2.76 bits per heavy atom. The van der Waals surface area contributed by atoms with Crippen LogP contribution in [0.5, 0.6) is 0 Å². The molecule has 0 saturated carbocycles. The van der Waals surface area contributed by atoms with Crippen LogP contribution >= 0.6 is 0 Å². The molecule has 1 aromatic heterocycles. The van der Waals surface area contributed by atoms with E-state index in [0.717, 1.165) is 11.4 Å². The first kappa shape index (κ1) is 13.2. The summed E-state index contributed by atoms with van der Waals surface area (Å²) >= 11 is 0. The SMILES string of the molecule is [N-]=[N+]=NCC1CC(=O)N(c2ccc(-n3ccnc3)cc2)C1. The number of nitrogens with zero attached hydrogens (tertiary/aromatic N) is 6. The van der Waals surface area contributed by atoms with Gasteiger partial charge >= 0.3 is 0 Å². The van der Waals surface area contributed by atoms with Crippen molar-refractivity contribution in [3.63, 3.8) is 0 Å². The average molecular weight is 282 g/mol. The molecule has 1 fully saturated rings. The molecule has 1 aromatic carbocycles. The lowest BCUT2D eigenvalue weighted by molar-refractivity contribution is -0.117. The van der Waals surface area contributed by atoms with Gasteiger partial charge in [-0.3, -0.25) is 4.79 Å². The summed E-state index contributed by atoms with van der Waals surface area (Å²) in [5.74, 6) is 0.172. The van der Waals surface area contributed by atoms with Gasteiger partial charge in [0.25, 0.3) is 0 Å². The fourth-order valence-electron chi connectivity index (χ4n) is 2.52. The minimum atomic E-state index is 0.0727. The van der Waals surface area contributed by atoms with Crippen LogP contribution in [-0.2, 0) is 4.79 Å². The minimum Gasteiger partial charge on any atom is -0.312 e. The summed E-state index contributed by atoms with van der Waals surface area (Å²) in [5, 5.41) is 3.56. The predicted molar refractivity (Wildman–Crippen MR) is 78.0 cm³/mol. The van der Waals surface area contributed by atoms with Crippen molar-refractivity contribution in [2.75, 3.05) is 18.0 Å². The van der Waals surface area contributed by atoms with Gasteiger partial charge in [-0.15, -0.1) is 0 Å². The second kappa shape index (κ2) is 5.68. The molecule has 1 aliphatic rings. The highest BCUT2D eigenvalue weighted by molar-refractivity contribution is 5.95. The predicted octanol–water partition coefficient (Wildman–Crippen LogP) is 2.54. The molecule has 21 heavy (non-hydrogen) atoms. The zero-order valence-electron chi connectivity index (χ0n) is 11.3. The van der Waals surface area contributed by atoms with Crippen LogP contribution in [0.3, 0.4) is 0 Å². The number of carbonyl (C=O) groups is 1. The molecule has 0 radical (unpaired) electrons. The quantitative estimate of drug-likeness (QED) is 0.490. The van der Waals surface area contributed by atoms with Gasteiger partial charge in [0.1, 0.15) is 0 Å². The number of hydrogen-bond donors (Lipinski definition) is 0. The minimum absolute atomic E-state index is 0.0727. The van der Waals surface area contributed by atoms with Crippen molar-refractivity contribution in [3.8, 4) is 5.69 Å². The number of hydrogen-bond acceptors (Lipinski definition) is 3. The maximum atomic E-state index is 12.0. The molecule has 3 rings (SSSR count). The Labute approximate surface area is 121 Å². The van der Waals surface area contributed by atoms with E-state index in [2.05, 4.69) is 15.0 Å². The first-order chi connectivity index (χ1) is 10.3. The Bertz CT molecular complexity index is 672. The van der Waals surface area contributed by atoms with Crippen molar-refractivity contribution in [2.45, 2.75) is 6.42 Å². The Morgan fingerprint density at radius 1 is 1.33 bits per heavy atom. The molecule has 1 atom stereocenters. The van der Waals surface area contributed by atoms with Crippen molar-refractivity contribution in [1.29, 1.82) is 0 Å². The summed E-state index contributed by atoms with van der Waals surface area (Å²) in [6, 6.07) is 7.74. The molecule has 0 aliphatic carbocycles. The van der Waals surface area contributed by atoms with E-state index in [4.69, 9.17) is 5.53 Å². The lowest BCUT2D eigenvalue weighted by Crippen LogP contribution is -2.24. The molecule has 2 aromatic rings. The highest BCUT2D eigenvalue weighted by atomic mass is 16.2. The van der Waals surface area contributed by atoms with E-state index in [1.54, 1.807) is 17.4 Å². The van der Waals surface area contributed by atoms with Crippen molar-refractivity contribution in [1.82, 2.24) is 9.55 Å². The number of benzene rings is 1. The zero-order valence-corrected chi connectivity index (χ0v) is 11.3. The molecule has 106 valence electrons. The third-order valence-corrected chi connectivity index (χ3v) is 3.57. The molecular formula is C14H14N6O. The number of carbonyl (C=O) groups excluding carboxylic acids is 1. The normalized spacial score (nSPS) is 17.8. The number of azide groups is 1. The number of imidazole rings is 1. The fourth-order valence-corrected chi connectivity index (χ4v) is 2.52. The molecule has 1 saturated heterocycles. The monoisotopic (exact) mass is 282 g/mol. The molecular weight excluding hydrogens is 268 g/mol. The third kappa shape index (κ3) is 2.73. The number of rotatable bonds is 4. The van der Waals surface area contributed by atoms with Crippen molar-refractivity contribution < 1.29 is 4.79 Å². The van der Waals surface area contributed by atoms with Gasteiger partial charge in [-0.2, -0.15) is 0 Å². The fraction of sp³-hybridized carbons (Fsp3) is 0.286. The smallest absolute Gasteiger partial charge is 0.227 e. The average Bonchev–Trinajstić information content (AvgIpc) is 3.15. The maximum Gasteiger partial charge on any atom is 0.227 e. The standard InChI is InChI=1S/C14H14N6O/c15-18-17-8-11-7-14(21)20(9-11)13-3-1-12(2-4-13)19-6-5-16-10-19/h1-6,10-11H,7-9H2. The number of amides is 1. The summed E-state index contributed by atoms with van der Waals surface area (Å²) in [6.45, 7) is 0.966. The van der Waals surface area contributed by atoms with Crippen molar-refractivity contribution >= 4 is 11.6 Å². The van der Waals surface area contributed by atoms with E-state index in [1.165, 1.54) is 0 Å². The summed E-state index contributed by atoms with van der Waals surface area (Å²) in [6.07, 6.45) is 5.75. The van der Waals surface area contributed by atoms with E-state index in [-0.39, 0.29) is 11.8 Å². The number of aromatic nitrogens is 2. The van der Waals surface area contributed by atoms with Gasteiger partial charge in [0.05, 0.1) is 6.33 Å². The van der Waals surface area contributed by atoms with E-state index < -0.39 is 0 Å². The molecule has 0 bridgehead atoms. The van der Waals surface area contributed by atoms with Gasteiger partial charge < -0.3 is 9.47 Å². The number of anilines is 1. The summed E-state index contributed by atoms with van der Waals surface area (Å²) in [7, 11) is 0. The first-order valence-electron chi connectivity index (χ1n) is 6.67. The van der Waals surface area contributed by atoms with Crippen molar-refractivity contribution in [2.24, 2.45) is 11.0 Å². The Morgan fingerprint density at radius 2 is 2.10 bits per heavy atom. The first-order valence-corrected chi connectivity index (χ1v) is 6.67. The Hall–Kier alpha value is -2.79. The van der Waals surface area contributed by atoms with Gasteiger partial charge in [-0.05, 0) is 35.7 Å². The molecule has 7 nitrogen and oxygen atoms in total. The van der Waals surface area contributed by atoms with Gasteiger partial charge in [0, 0.05) is 48.2 Å². The zero-order chi connectivity index (χ0) is 14.7. The maximum absolute atomic E-state index is 12.0. The van der Waals surface area contributed by atoms with Crippen LogP contribution < -0.4 is 4.90 Å². The van der Waals surface area contributed by atoms with Gasteiger partial charge in [-0.1, -0.05) is 5.11 Å². The molecule has 0 spiro atoms. The van der Waals surface area contributed by atoms with E-state index in [9.17, 15) is 4.79 Å². The second-order valence-corrected chi connectivity index (χ2v) is 4.97. The lowest BCUT2D eigenvalue weighted by Gasteiger charge is -2.17. The molecule has 1 unspecified atom stereocenters. The summed E-state index contributed by atoms with van der Waals surface area (Å²) < 4.78 is 1.90. The Kier molecular flexibility index (Phi) is 3.57. The van der Waals surface area contributed by atoms with Crippen LogP contribution in [-0.4, -0.2) is 28.5 Å². The van der Waals surface area contributed by atoms with Gasteiger partial charge in [-0.25, -0.2) is 4.98 Å². The van der Waals surface area contributed by atoms with Crippen LogP contribution in [0.1, 0.15) is 6.42 Å². The Balaban J connectivity index is 1.75. The lowest BCUT2D eigenvalue weighted by atomic mass is 10.1. The van der Waals surface area contributed by atoms with Crippen LogP contribution in [0, 0.1) is 5.92 Å². The third-order valence-electron chi connectivity index (χ3n) is 3.57. The van der Waals surface area contributed by atoms with Gasteiger partial charge in [0.2, 0.25) is 5.91 Å².